The highest BCUT2D eigenvalue weighted by molar-refractivity contribution is 8.13. The first-order valence-electron chi connectivity index (χ1n) is 6.26. The highest BCUT2D eigenvalue weighted by Crippen LogP contribution is 2.23. The maximum atomic E-state index is 10.8. The molecular weight excluding hydrogens is 288 g/mol. The summed E-state index contributed by atoms with van der Waals surface area (Å²) < 4.78 is 0. The van der Waals surface area contributed by atoms with Crippen LogP contribution >= 0.6 is 23.1 Å². The van der Waals surface area contributed by atoms with Gasteiger partial charge < -0.3 is 5.73 Å². The monoisotopic (exact) mass is 304 g/mol. The van der Waals surface area contributed by atoms with Gasteiger partial charge in [0.05, 0.1) is 5.69 Å². The van der Waals surface area contributed by atoms with Gasteiger partial charge in [-0.2, -0.15) is 0 Å². The van der Waals surface area contributed by atoms with E-state index in [0.29, 0.717) is 5.13 Å². The van der Waals surface area contributed by atoms with Crippen molar-refractivity contribution in [3.63, 3.8) is 0 Å². The van der Waals surface area contributed by atoms with E-state index in [9.17, 15) is 4.79 Å². The molecular formula is C15H16N2OS2. The Morgan fingerprint density at radius 2 is 2.15 bits per heavy atom. The standard InChI is InChI=1S/C15H16N2OS2/c1-11(18)19-9-3-2-4-12-5-7-13(8-6-12)14-10-20-15(16)17-14/h2,4-8,10H,3,9H2,1H3,(H2,16,17). The summed E-state index contributed by atoms with van der Waals surface area (Å²) in [4.78, 5) is 15.0. The summed E-state index contributed by atoms with van der Waals surface area (Å²) >= 11 is 2.81. The number of rotatable bonds is 5. The predicted molar refractivity (Wildman–Crippen MR) is 88.8 cm³/mol. The molecule has 1 aromatic carbocycles. The summed E-state index contributed by atoms with van der Waals surface area (Å²) in [6, 6.07) is 8.19. The summed E-state index contributed by atoms with van der Waals surface area (Å²) in [7, 11) is 0. The Labute approximate surface area is 126 Å². The number of carbonyl (C=O) groups excluding carboxylic acids is 1. The molecule has 0 unspecified atom stereocenters. The minimum Gasteiger partial charge on any atom is -0.375 e. The van der Waals surface area contributed by atoms with Gasteiger partial charge in [-0.25, -0.2) is 4.98 Å². The van der Waals surface area contributed by atoms with E-state index in [2.05, 4.69) is 29.3 Å². The fourth-order valence-corrected chi connectivity index (χ4v) is 2.79. The molecule has 0 amide bonds. The van der Waals surface area contributed by atoms with Crippen LogP contribution in [0.3, 0.4) is 0 Å². The van der Waals surface area contributed by atoms with Gasteiger partial charge in [0.1, 0.15) is 0 Å². The molecule has 2 N–H and O–H groups in total. The van der Waals surface area contributed by atoms with E-state index >= 15 is 0 Å². The van der Waals surface area contributed by atoms with Gasteiger partial charge in [0, 0.05) is 23.6 Å². The van der Waals surface area contributed by atoms with Crippen molar-refractivity contribution in [1.82, 2.24) is 4.98 Å². The van der Waals surface area contributed by atoms with Gasteiger partial charge in [0.25, 0.3) is 0 Å². The number of benzene rings is 1. The first-order valence-corrected chi connectivity index (χ1v) is 8.13. The molecule has 0 saturated carbocycles. The van der Waals surface area contributed by atoms with Gasteiger partial charge in [-0.05, 0) is 12.0 Å². The number of nitrogens with two attached hydrogens (primary N) is 1. The molecule has 0 saturated heterocycles. The number of thiazole rings is 1. The predicted octanol–water partition coefficient (Wildman–Crippen LogP) is 4.08. The van der Waals surface area contributed by atoms with Gasteiger partial charge in [-0.1, -0.05) is 48.2 Å². The number of nitrogens with zero attached hydrogens (tertiary/aromatic N) is 1. The van der Waals surface area contributed by atoms with Crippen LogP contribution in [0.1, 0.15) is 18.9 Å². The highest BCUT2D eigenvalue weighted by Gasteiger charge is 2.01. The molecule has 5 heteroatoms. The summed E-state index contributed by atoms with van der Waals surface area (Å²) in [6.07, 6.45) is 5.06. The normalized spacial score (nSPS) is 11.1. The lowest BCUT2D eigenvalue weighted by Gasteiger charge is -1.98. The van der Waals surface area contributed by atoms with Crippen molar-refractivity contribution < 1.29 is 4.79 Å². The van der Waals surface area contributed by atoms with E-state index in [1.54, 1.807) is 6.92 Å². The Kier molecular flexibility index (Phi) is 5.38. The maximum absolute atomic E-state index is 10.8. The van der Waals surface area contributed by atoms with Crippen LogP contribution in [-0.2, 0) is 4.79 Å². The molecule has 0 spiro atoms. The molecule has 0 aliphatic carbocycles. The molecule has 0 bridgehead atoms. The van der Waals surface area contributed by atoms with Crippen LogP contribution < -0.4 is 5.73 Å². The number of carbonyl (C=O) groups is 1. The number of nitrogen functional groups attached to an aromatic ring is 1. The Balaban J connectivity index is 1.91. The van der Waals surface area contributed by atoms with Gasteiger partial charge in [-0.15, -0.1) is 11.3 Å². The van der Waals surface area contributed by atoms with Crippen molar-refractivity contribution in [3.8, 4) is 11.3 Å². The second-order valence-corrected chi connectivity index (χ2v) is 6.39. The smallest absolute Gasteiger partial charge is 0.185 e. The fraction of sp³-hybridized carbons (Fsp3) is 0.200. The molecule has 1 heterocycles. The number of anilines is 1. The topological polar surface area (TPSA) is 56.0 Å². The zero-order valence-electron chi connectivity index (χ0n) is 11.2. The molecule has 0 aliphatic heterocycles. The average molecular weight is 304 g/mol. The number of hydrogen-bond acceptors (Lipinski definition) is 5. The number of aromatic nitrogens is 1. The first kappa shape index (κ1) is 14.8. The van der Waals surface area contributed by atoms with Crippen LogP contribution in [0.5, 0.6) is 0 Å². The lowest BCUT2D eigenvalue weighted by Crippen LogP contribution is -1.84. The highest BCUT2D eigenvalue weighted by atomic mass is 32.2. The van der Waals surface area contributed by atoms with Crippen LogP contribution in [0.4, 0.5) is 5.13 Å². The molecule has 1 aromatic heterocycles. The Morgan fingerprint density at radius 3 is 2.75 bits per heavy atom. The van der Waals surface area contributed by atoms with E-state index in [4.69, 9.17) is 5.73 Å². The van der Waals surface area contributed by atoms with E-state index in [1.807, 2.05) is 17.5 Å². The van der Waals surface area contributed by atoms with E-state index in [0.717, 1.165) is 29.0 Å². The lowest BCUT2D eigenvalue weighted by molar-refractivity contribution is -0.109. The third kappa shape index (κ3) is 4.51. The SMILES string of the molecule is CC(=O)SCCC=Cc1ccc(-c2csc(N)n2)cc1. The third-order valence-electron chi connectivity index (χ3n) is 2.63. The average Bonchev–Trinajstić information content (AvgIpc) is 2.85. The summed E-state index contributed by atoms with van der Waals surface area (Å²) in [5, 5.41) is 2.72. The van der Waals surface area contributed by atoms with Crippen LogP contribution in [-0.4, -0.2) is 15.9 Å². The second kappa shape index (κ2) is 7.26. The van der Waals surface area contributed by atoms with Crippen molar-refractivity contribution in [2.75, 3.05) is 11.5 Å². The molecule has 2 aromatic rings. The summed E-state index contributed by atoms with van der Waals surface area (Å²) in [5.74, 6) is 0.835. The molecule has 0 atom stereocenters. The quantitative estimate of drug-likeness (QED) is 0.846. The Bertz CT molecular complexity index is 603. The van der Waals surface area contributed by atoms with Crippen molar-refractivity contribution >= 4 is 39.4 Å². The minimum absolute atomic E-state index is 0.172. The van der Waals surface area contributed by atoms with Crippen LogP contribution in [0, 0.1) is 0 Å². The van der Waals surface area contributed by atoms with Crippen LogP contribution in [0.2, 0.25) is 0 Å². The summed E-state index contributed by atoms with van der Waals surface area (Å²) in [5.41, 5.74) is 8.76. The van der Waals surface area contributed by atoms with Gasteiger partial charge in [0.15, 0.2) is 10.2 Å². The molecule has 0 radical (unpaired) electrons. The third-order valence-corrected chi connectivity index (χ3v) is 4.15. The number of thioether (sulfide) groups is 1. The zero-order chi connectivity index (χ0) is 14.4. The van der Waals surface area contributed by atoms with Crippen LogP contribution in [0.15, 0.2) is 35.7 Å². The Hall–Kier alpha value is -1.59. The Morgan fingerprint density at radius 1 is 1.40 bits per heavy atom. The summed E-state index contributed by atoms with van der Waals surface area (Å²) in [6.45, 7) is 1.60. The largest absolute Gasteiger partial charge is 0.375 e. The zero-order valence-corrected chi connectivity index (χ0v) is 12.8. The number of allylic oxidation sites excluding steroid dienone is 1. The molecule has 2 rings (SSSR count). The maximum Gasteiger partial charge on any atom is 0.185 e. The van der Waals surface area contributed by atoms with Gasteiger partial charge >= 0.3 is 0 Å². The minimum atomic E-state index is 0.172. The molecule has 0 fully saturated rings. The van der Waals surface area contributed by atoms with E-state index in [1.165, 1.54) is 23.1 Å². The van der Waals surface area contributed by atoms with Gasteiger partial charge in [0.2, 0.25) is 0 Å². The molecule has 3 nitrogen and oxygen atoms in total. The van der Waals surface area contributed by atoms with Crippen molar-refractivity contribution in [1.29, 1.82) is 0 Å². The second-order valence-electron chi connectivity index (χ2n) is 4.22. The molecule has 20 heavy (non-hydrogen) atoms. The fourth-order valence-electron chi connectivity index (χ4n) is 1.68. The van der Waals surface area contributed by atoms with Crippen LogP contribution in [0.25, 0.3) is 17.3 Å². The first-order chi connectivity index (χ1) is 9.65. The van der Waals surface area contributed by atoms with Gasteiger partial charge in [-0.3, -0.25) is 4.79 Å². The molecule has 104 valence electrons. The number of hydrogen-bond donors (Lipinski definition) is 1. The van der Waals surface area contributed by atoms with Crippen molar-refractivity contribution in [2.24, 2.45) is 0 Å². The molecule has 0 aliphatic rings. The van der Waals surface area contributed by atoms with E-state index < -0.39 is 0 Å². The van der Waals surface area contributed by atoms with Crippen molar-refractivity contribution in [2.45, 2.75) is 13.3 Å². The van der Waals surface area contributed by atoms with Crippen molar-refractivity contribution in [3.05, 3.63) is 41.3 Å². The lowest BCUT2D eigenvalue weighted by atomic mass is 10.1. The van der Waals surface area contributed by atoms with E-state index in [-0.39, 0.29) is 5.12 Å².